The van der Waals surface area contributed by atoms with E-state index in [1.165, 1.54) is 5.56 Å². The molecule has 0 amide bonds. The number of hydrogen-bond donors (Lipinski definition) is 1. The van der Waals surface area contributed by atoms with Gasteiger partial charge in [0.2, 0.25) is 5.95 Å². The summed E-state index contributed by atoms with van der Waals surface area (Å²) in [5, 5.41) is 2.90. The smallest absolute Gasteiger partial charge is 0.321 e. The molecule has 19 heavy (non-hydrogen) atoms. The fourth-order valence-corrected chi connectivity index (χ4v) is 1.80. The molecule has 0 aliphatic carbocycles. The van der Waals surface area contributed by atoms with Crippen LogP contribution in [0.15, 0.2) is 24.3 Å². The summed E-state index contributed by atoms with van der Waals surface area (Å²) in [4.78, 5) is 12.7. The molecule has 0 unspecified atom stereocenters. The Morgan fingerprint density at radius 1 is 1.11 bits per heavy atom. The second-order valence-electron chi connectivity index (χ2n) is 4.17. The largest absolute Gasteiger partial charge is 0.467 e. The SMILES string of the molecule is CCCc1ccc(-c2nc(NC)nc(OC)n2)cc1. The highest BCUT2D eigenvalue weighted by Gasteiger charge is 2.07. The third-order valence-electron chi connectivity index (χ3n) is 2.77. The number of ether oxygens (including phenoxy) is 1. The first kappa shape index (κ1) is 13.3. The van der Waals surface area contributed by atoms with Crippen LogP contribution in [0.4, 0.5) is 5.95 Å². The Labute approximate surface area is 113 Å². The van der Waals surface area contributed by atoms with Crippen LogP contribution in [0.1, 0.15) is 18.9 Å². The first-order valence-corrected chi connectivity index (χ1v) is 6.34. The highest BCUT2D eigenvalue weighted by molar-refractivity contribution is 5.57. The molecular weight excluding hydrogens is 240 g/mol. The van der Waals surface area contributed by atoms with Crippen molar-refractivity contribution in [2.75, 3.05) is 19.5 Å². The monoisotopic (exact) mass is 258 g/mol. The Morgan fingerprint density at radius 2 is 1.84 bits per heavy atom. The van der Waals surface area contributed by atoms with Crippen molar-refractivity contribution in [3.8, 4) is 17.4 Å². The molecule has 5 heteroatoms. The van der Waals surface area contributed by atoms with Gasteiger partial charge in [-0.25, -0.2) is 0 Å². The lowest BCUT2D eigenvalue weighted by molar-refractivity contribution is 0.379. The Bertz CT molecular complexity index is 517. The first-order valence-electron chi connectivity index (χ1n) is 6.34. The molecule has 1 aromatic heterocycles. The summed E-state index contributed by atoms with van der Waals surface area (Å²) >= 11 is 0. The minimum Gasteiger partial charge on any atom is -0.467 e. The zero-order valence-corrected chi connectivity index (χ0v) is 11.5. The van der Waals surface area contributed by atoms with E-state index in [0.29, 0.717) is 17.8 Å². The summed E-state index contributed by atoms with van der Waals surface area (Å²) < 4.78 is 5.08. The van der Waals surface area contributed by atoms with Crippen LogP contribution in [0.2, 0.25) is 0 Å². The van der Waals surface area contributed by atoms with Crippen molar-refractivity contribution in [1.82, 2.24) is 15.0 Å². The molecule has 0 radical (unpaired) electrons. The van der Waals surface area contributed by atoms with Gasteiger partial charge in [0.05, 0.1) is 7.11 Å². The molecule has 0 aliphatic heterocycles. The van der Waals surface area contributed by atoms with E-state index in [1.54, 1.807) is 14.2 Å². The summed E-state index contributed by atoms with van der Waals surface area (Å²) in [6.45, 7) is 2.17. The van der Waals surface area contributed by atoms with E-state index < -0.39 is 0 Å². The lowest BCUT2D eigenvalue weighted by atomic mass is 10.1. The van der Waals surface area contributed by atoms with Crippen LogP contribution in [0.3, 0.4) is 0 Å². The molecule has 2 aromatic rings. The predicted octanol–water partition coefficient (Wildman–Crippen LogP) is 2.54. The maximum absolute atomic E-state index is 5.08. The Balaban J connectivity index is 2.34. The van der Waals surface area contributed by atoms with Gasteiger partial charge in [-0.3, -0.25) is 0 Å². The average molecular weight is 258 g/mol. The quantitative estimate of drug-likeness (QED) is 0.893. The van der Waals surface area contributed by atoms with Gasteiger partial charge in [0, 0.05) is 12.6 Å². The molecule has 100 valence electrons. The maximum Gasteiger partial charge on any atom is 0.321 e. The minimum absolute atomic E-state index is 0.312. The van der Waals surface area contributed by atoms with E-state index in [9.17, 15) is 0 Å². The Kier molecular flexibility index (Phi) is 4.28. The zero-order valence-electron chi connectivity index (χ0n) is 11.5. The summed E-state index contributed by atoms with van der Waals surface area (Å²) in [6.07, 6.45) is 2.23. The van der Waals surface area contributed by atoms with E-state index >= 15 is 0 Å². The van der Waals surface area contributed by atoms with Crippen molar-refractivity contribution in [1.29, 1.82) is 0 Å². The summed E-state index contributed by atoms with van der Waals surface area (Å²) in [7, 11) is 3.31. The maximum atomic E-state index is 5.08. The van der Waals surface area contributed by atoms with Crippen LogP contribution < -0.4 is 10.1 Å². The Hall–Kier alpha value is -2.17. The number of rotatable bonds is 5. The van der Waals surface area contributed by atoms with Crippen LogP contribution in [-0.4, -0.2) is 29.1 Å². The number of nitrogens with zero attached hydrogens (tertiary/aromatic N) is 3. The van der Waals surface area contributed by atoms with E-state index in [0.717, 1.165) is 18.4 Å². The molecular formula is C14H18N4O. The van der Waals surface area contributed by atoms with Crippen LogP contribution in [0.5, 0.6) is 6.01 Å². The van der Waals surface area contributed by atoms with Crippen LogP contribution in [0.25, 0.3) is 11.4 Å². The molecule has 0 fully saturated rings. The first-order chi connectivity index (χ1) is 9.26. The second kappa shape index (κ2) is 6.13. The molecule has 1 aromatic carbocycles. The van der Waals surface area contributed by atoms with Crippen LogP contribution in [0, 0.1) is 0 Å². The molecule has 5 nitrogen and oxygen atoms in total. The molecule has 2 rings (SSSR count). The Morgan fingerprint density at radius 3 is 2.42 bits per heavy atom. The summed E-state index contributed by atoms with van der Waals surface area (Å²) in [5.41, 5.74) is 2.28. The highest BCUT2D eigenvalue weighted by atomic mass is 16.5. The fraction of sp³-hybridized carbons (Fsp3) is 0.357. The van der Waals surface area contributed by atoms with Gasteiger partial charge in [-0.1, -0.05) is 37.6 Å². The second-order valence-corrected chi connectivity index (χ2v) is 4.17. The predicted molar refractivity (Wildman–Crippen MR) is 75.4 cm³/mol. The number of aromatic nitrogens is 3. The fourth-order valence-electron chi connectivity index (χ4n) is 1.80. The van der Waals surface area contributed by atoms with Crippen LogP contribution >= 0.6 is 0 Å². The van der Waals surface area contributed by atoms with Gasteiger partial charge in [0.1, 0.15) is 0 Å². The molecule has 1 heterocycles. The molecule has 0 atom stereocenters. The van der Waals surface area contributed by atoms with Crippen molar-refractivity contribution in [3.63, 3.8) is 0 Å². The highest BCUT2D eigenvalue weighted by Crippen LogP contribution is 2.19. The van der Waals surface area contributed by atoms with Gasteiger partial charge in [-0.15, -0.1) is 0 Å². The molecule has 0 aliphatic rings. The number of methoxy groups -OCH3 is 1. The van der Waals surface area contributed by atoms with Gasteiger partial charge in [0.25, 0.3) is 0 Å². The van der Waals surface area contributed by atoms with Gasteiger partial charge >= 0.3 is 6.01 Å². The average Bonchev–Trinajstić information content (AvgIpc) is 2.47. The van der Waals surface area contributed by atoms with Crippen molar-refractivity contribution >= 4 is 5.95 Å². The van der Waals surface area contributed by atoms with E-state index in [2.05, 4.69) is 39.3 Å². The van der Waals surface area contributed by atoms with Crippen molar-refractivity contribution in [2.24, 2.45) is 0 Å². The number of aryl methyl sites for hydroxylation is 1. The van der Waals surface area contributed by atoms with Gasteiger partial charge in [0.15, 0.2) is 5.82 Å². The summed E-state index contributed by atoms with van der Waals surface area (Å²) in [6, 6.07) is 8.58. The third-order valence-corrected chi connectivity index (χ3v) is 2.77. The summed E-state index contributed by atoms with van der Waals surface area (Å²) in [5.74, 6) is 1.11. The third kappa shape index (κ3) is 3.19. The molecule has 0 spiro atoms. The number of anilines is 1. The number of benzene rings is 1. The number of hydrogen-bond acceptors (Lipinski definition) is 5. The van der Waals surface area contributed by atoms with E-state index in [4.69, 9.17) is 4.74 Å². The topological polar surface area (TPSA) is 59.9 Å². The minimum atomic E-state index is 0.312. The molecule has 0 saturated heterocycles. The van der Waals surface area contributed by atoms with Gasteiger partial charge in [-0.05, 0) is 12.0 Å². The van der Waals surface area contributed by atoms with E-state index in [-0.39, 0.29) is 0 Å². The lowest BCUT2D eigenvalue weighted by Gasteiger charge is -2.06. The number of nitrogens with one attached hydrogen (secondary N) is 1. The molecule has 0 bridgehead atoms. The standard InChI is InChI=1S/C14H18N4O/c1-4-5-10-6-8-11(9-7-10)12-16-13(15-2)18-14(17-12)19-3/h6-9H,4-5H2,1-3H3,(H,15,16,17,18). The van der Waals surface area contributed by atoms with Crippen molar-refractivity contribution in [2.45, 2.75) is 19.8 Å². The van der Waals surface area contributed by atoms with Crippen molar-refractivity contribution < 1.29 is 4.74 Å². The normalized spacial score (nSPS) is 10.3. The van der Waals surface area contributed by atoms with Crippen LogP contribution in [-0.2, 0) is 6.42 Å². The molecule has 0 saturated carbocycles. The van der Waals surface area contributed by atoms with Gasteiger partial charge < -0.3 is 10.1 Å². The zero-order chi connectivity index (χ0) is 13.7. The van der Waals surface area contributed by atoms with E-state index in [1.807, 2.05) is 12.1 Å². The van der Waals surface area contributed by atoms with Crippen molar-refractivity contribution in [3.05, 3.63) is 29.8 Å². The van der Waals surface area contributed by atoms with Gasteiger partial charge in [-0.2, -0.15) is 15.0 Å². The molecule has 1 N–H and O–H groups in total. The lowest BCUT2D eigenvalue weighted by Crippen LogP contribution is -2.03.